The highest BCUT2D eigenvalue weighted by molar-refractivity contribution is 6.06. The summed E-state index contributed by atoms with van der Waals surface area (Å²) < 4.78 is 0. The van der Waals surface area contributed by atoms with Gasteiger partial charge in [0.15, 0.2) is 0 Å². The number of likely N-dealkylation sites (tertiary alicyclic amines) is 1. The molecule has 0 bridgehead atoms. The summed E-state index contributed by atoms with van der Waals surface area (Å²) in [7, 11) is 0. The van der Waals surface area contributed by atoms with Gasteiger partial charge >= 0.3 is 0 Å². The first-order valence-electron chi connectivity index (χ1n) is 10.3. The third kappa shape index (κ3) is 4.06. The van der Waals surface area contributed by atoms with E-state index in [1.54, 1.807) is 0 Å². The first-order chi connectivity index (χ1) is 13.9. The molecule has 4 rings (SSSR count). The van der Waals surface area contributed by atoms with E-state index >= 15 is 0 Å². The van der Waals surface area contributed by atoms with Crippen molar-refractivity contribution in [2.45, 2.75) is 46.8 Å². The number of anilines is 2. The van der Waals surface area contributed by atoms with E-state index in [-0.39, 0.29) is 6.29 Å². The number of hydrogen-bond donors (Lipinski definition) is 2. The van der Waals surface area contributed by atoms with Crippen LogP contribution < -0.4 is 16.0 Å². The monoisotopic (exact) mass is 390 g/mol. The topological polar surface area (TPSA) is 69.2 Å². The molecular formula is C23H30N6. The van der Waals surface area contributed by atoms with Gasteiger partial charge in [-0.2, -0.15) is 4.99 Å². The van der Waals surface area contributed by atoms with Gasteiger partial charge in [-0.3, -0.25) is 4.90 Å². The minimum absolute atomic E-state index is 0.314. The van der Waals surface area contributed by atoms with Crippen LogP contribution in [0.15, 0.2) is 46.4 Å². The number of benzene rings is 2. The molecule has 29 heavy (non-hydrogen) atoms. The Bertz CT molecular complexity index is 951. The minimum Gasteiger partial charge on any atom is -0.368 e. The molecule has 2 aromatic rings. The molecule has 1 atom stereocenters. The molecule has 2 aliphatic heterocycles. The third-order valence-corrected chi connectivity index (χ3v) is 5.61. The van der Waals surface area contributed by atoms with E-state index in [1.165, 1.54) is 35.1 Å². The normalized spacial score (nSPS) is 19.2. The van der Waals surface area contributed by atoms with Gasteiger partial charge in [-0.25, -0.2) is 4.99 Å². The Hall–Kier alpha value is -3.02. The summed E-state index contributed by atoms with van der Waals surface area (Å²) in [6.45, 7) is 10.5. The van der Waals surface area contributed by atoms with Crippen molar-refractivity contribution in [3.05, 3.63) is 58.7 Å². The predicted molar refractivity (Wildman–Crippen MR) is 122 cm³/mol. The van der Waals surface area contributed by atoms with Crippen molar-refractivity contribution in [3.63, 3.8) is 0 Å². The number of hydrogen-bond acceptors (Lipinski definition) is 6. The van der Waals surface area contributed by atoms with Gasteiger partial charge in [0, 0.05) is 24.5 Å². The first-order valence-corrected chi connectivity index (χ1v) is 10.3. The Kier molecular flexibility index (Phi) is 5.18. The second-order valence-corrected chi connectivity index (χ2v) is 8.13. The van der Waals surface area contributed by atoms with Crippen molar-refractivity contribution in [1.82, 2.24) is 4.90 Å². The molecule has 152 valence electrons. The van der Waals surface area contributed by atoms with E-state index < -0.39 is 0 Å². The lowest BCUT2D eigenvalue weighted by molar-refractivity contribution is 0.497. The second kappa shape index (κ2) is 7.78. The summed E-state index contributed by atoms with van der Waals surface area (Å²) in [5.74, 6) is 1.19. The maximum atomic E-state index is 6.16. The van der Waals surface area contributed by atoms with Crippen molar-refractivity contribution >= 4 is 23.3 Å². The summed E-state index contributed by atoms with van der Waals surface area (Å²) in [5.41, 5.74) is 13.2. The highest BCUT2D eigenvalue weighted by Gasteiger charge is 2.32. The van der Waals surface area contributed by atoms with Crippen LogP contribution in [-0.2, 0) is 0 Å². The van der Waals surface area contributed by atoms with Gasteiger partial charge in [-0.15, -0.1) is 0 Å². The van der Waals surface area contributed by atoms with Crippen LogP contribution in [0.5, 0.6) is 0 Å². The van der Waals surface area contributed by atoms with Crippen LogP contribution in [0.2, 0.25) is 0 Å². The van der Waals surface area contributed by atoms with E-state index in [1.807, 2.05) is 0 Å². The predicted octanol–water partition coefficient (Wildman–Crippen LogP) is 3.90. The van der Waals surface area contributed by atoms with Gasteiger partial charge in [0.05, 0.1) is 0 Å². The highest BCUT2D eigenvalue weighted by Crippen LogP contribution is 2.28. The molecule has 0 spiro atoms. The number of nitrogens with two attached hydrogens (primary N) is 1. The third-order valence-electron chi connectivity index (χ3n) is 5.61. The molecule has 3 N–H and O–H groups in total. The lowest BCUT2D eigenvalue weighted by Crippen LogP contribution is -2.54. The zero-order valence-corrected chi connectivity index (χ0v) is 17.7. The smallest absolute Gasteiger partial charge is 0.222 e. The summed E-state index contributed by atoms with van der Waals surface area (Å²) in [4.78, 5) is 13.8. The van der Waals surface area contributed by atoms with Gasteiger partial charge in [0.25, 0.3) is 0 Å². The zero-order valence-electron chi connectivity index (χ0n) is 17.7. The molecule has 1 fully saturated rings. The molecule has 2 aliphatic rings. The molecule has 2 heterocycles. The van der Waals surface area contributed by atoms with Gasteiger partial charge in [-0.05, 0) is 87.1 Å². The fourth-order valence-corrected chi connectivity index (χ4v) is 4.04. The zero-order chi connectivity index (χ0) is 20.5. The Balaban J connectivity index is 1.76. The minimum atomic E-state index is -0.355. The molecule has 6 nitrogen and oxygen atoms in total. The summed E-state index contributed by atoms with van der Waals surface area (Å²) in [5, 5.41) is 3.57. The van der Waals surface area contributed by atoms with Crippen LogP contribution in [-0.4, -0.2) is 36.2 Å². The Morgan fingerprint density at radius 1 is 0.931 bits per heavy atom. The lowest BCUT2D eigenvalue weighted by atomic mass is 10.1. The van der Waals surface area contributed by atoms with E-state index in [0.717, 1.165) is 30.4 Å². The molecule has 1 saturated heterocycles. The summed E-state index contributed by atoms with van der Waals surface area (Å²) in [6.07, 6.45) is 1.99. The number of aliphatic imine (C=N–C) groups is 2. The first kappa shape index (κ1) is 19.3. The number of guanidine groups is 2. The molecule has 0 aromatic heterocycles. The van der Waals surface area contributed by atoms with E-state index in [4.69, 9.17) is 5.73 Å². The average molecular weight is 391 g/mol. The van der Waals surface area contributed by atoms with Crippen LogP contribution in [0.3, 0.4) is 0 Å². The SMILES string of the molecule is Cc1cc(C)cc(N2C(N3CCCC3)=NC(N)=NC2Nc2ccc(C)c(C)c2)c1. The summed E-state index contributed by atoms with van der Waals surface area (Å²) in [6, 6.07) is 12.9. The van der Waals surface area contributed by atoms with Crippen LogP contribution in [0.25, 0.3) is 0 Å². The fraction of sp³-hybridized carbons (Fsp3) is 0.391. The van der Waals surface area contributed by atoms with Crippen LogP contribution in [0, 0.1) is 27.7 Å². The molecule has 6 heteroatoms. The van der Waals surface area contributed by atoms with E-state index in [9.17, 15) is 0 Å². The lowest BCUT2D eigenvalue weighted by Gasteiger charge is -2.38. The highest BCUT2D eigenvalue weighted by atomic mass is 15.5. The maximum absolute atomic E-state index is 6.16. The quantitative estimate of drug-likeness (QED) is 0.834. The Morgan fingerprint density at radius 3 is 2.28 bits per heavy atom. The van der Waals surface area contributed by atoms with Crippen molar-refractivity contribution in [2.75, 3.05) is 23.3 Å². The summed E-state index contributed by atoms with van der Waals surface area (Å²) >= 11 is 0. The number of nitrogens with one attached hydrogen (secondary N) is 1. The Labute approximate surface area is 173 Å². The standard InChI is InChI=1S/C23H30N6/c1-15-11-16(2)13-20(12-15)29-22(25-19-8-7-17(3)18(4)14-19)26-21(24)27-23(29)28-9-5-6-10-28/h7-8,11-14,22,25H,5-6,9-10H2,1-4H3,(H2,24,26). The fourth-order valence-electron chi connectivity index (χ4n) is 4.04. The van der Waals surface area contributed by atoms with Crippen LogP contribution in [0.1, 0.15) is 35.1 Å². The van der Waals surface area contributed by atoms with Gasteiger partial charge in [-0.1, -0.05) is 12.1 Å². The van der Waals surface area contributed by atoms with Gasteiger partial charge in [0.1, 0.15) is 0 Å². The number of rotatable bonds is 3. The molecule has 1 unspecified atom stereocenters. The Morgan fingerprint density at radius 2 is 1.62 bits per heavy atom. The molecule has 2 aromatic carbocycles. The van der Waals surface area contributed by atoms with Crippen molar-refractivity contribution < 1.29 is 0 Å². The average Bonchev–Trinajstić information content (AvgIpc) is 3.18. The van der Waals surface area contributed by atoms with Gasteiger partial charge in [0.2, 0.25) is 18.2 Å². The van der Waals surface area contributed by atoms with Crippen LogP contribution in [0.4, 0.5) is 11.4 Å². The van der Waals surface area contributed by atoms with Crippen molar-refractivity contribution in [3.8, 4) is 0 Å². The number of nitrogens with zero attached hydrogens (tertiary/aromatic N) is 4. The van der Waals surface area contributed by atoms with E-state index in [0.29, 0.717) is 5.96 Å². The molecule has 0 aliphatic carbocycles. The van der Waals surface area contributed by atoms with Crippen molar-refractivity contribution in [1.29, 1.82) is 0 Å². The largest absolute Gasteiger partial charge is 0.368 e. The molecule has 0 amide bonds. The van der Waals surface area contributed by atoms with Gasteiger partial charge < -0.3 is 16.0 Å². The second-order valence-electron chi connectivity index (χ2n) is 8.13. The molecular weight excluding hydrogens is 360 g/mol. The number of aryl methyl sites for hydroxylation is 4. The van der Waals surface area contributed by atoms with Crippen molar-refractivity contribution in [2.24, 2.45) is 15.7 Å². The van der Waals surface area contributed by atoms with Crippen LogP contribution >= 0.6 is 0 Å². The maximum Gasteiger partial charge on any atom is 0.222 e. The van der Waals surface area contributed by atoms with E-state index in [2.05, 4.69) is 89.2 Å². The molecule has 0 radical (unpaired) electrons. The molecule has 0 saturated carbocycles.